The van der Waals surface area contributed by atoms with Gasteiger partial charge in [-0.1, -0.05) is 0 Å². The fourth-order valence-electron chi connectivity index (χ4n) is 0.823. The van der Waals surface area contributed by atoms with Gasteiger partial charge in [0, 0.05) is 12.4 Å². The summed E-state index contributed by atoms with van der Waals surface area (Å²) >= 11 is 0. The molecule has 23 heavy (non-hydrogen) atoms. The SMILES string of the molecule is O.O.O=C([O-])c1ccncn1.O=C([O-])c1ccncn1.[Co+2].[OH3+].[OH3+]. The van der Waals surface area contributed by atoms with Gasteiger partial charge in [-0.15, -0.1) is 0 Å². The Morgan fingerprint density at radius 3 is 1.22 bits per heavy atom. The van der Waals surface area contributed by atoms with Crippen LogP contribution in [0.25, 0.3) is 0 Å². The van der Waals surface area contributed by atoms with E-state index in [0.29, 0.717) is 0 Å². The molecular weight excluding hydrogens is 363 g/mol. The summed E-state index contributed by atoms with van der Waals surface area (Å²) in [5.74, 6) is -2.56. The van der Waals surface area contributed by atoms with Crippen LogP contribution in [0, 0.1) is 0 Å². The van der Waals surface area contributed by atoms with Crippen LogP contribution in [-0.2, 0) is 27.7 Å². The maximum atomic E-state index is 10.00. The molecule has 0 atom stereocenters. The zero-order chi connectivity index (χ0) is 13.4. The Morgan fingerprint density at radius 2 is 1.09 bits per heavy atom. The van der Waals surface area contributed by atoms with Gasteiger partial charge in [-0.3, -0.25) is 0 Å². The molecule has 12 nitrogen and oxygen atoms in total. The second kappa shape index (κ2) is 17.5. The van der Waals surface area contributed by atoms with Crippen molar-refractivity contribution in [3.05, 3.63) is 48.6 Å². The van der Waals surface area contributed by atoms with Crippen LogP contribution in [0.2, 0.25) is 0 Å². The first kappa shape index (κ1) is 32.4. The molecule has 0 amide bonds. The van der Waals surface area contributed by atoms with Crippen molar-refractivity contribution in [2.24, 2.45) is 0 Å². The Balaban J connectivity index is -0.0000000771. The second-order valence-electron chi connectivity index (χ2n) is 2.76. The molecule has 0 fully saturated rings. The smallest absolute Gasteiger partial charge is 0.543 e. The van der Waals surface area contributed by atoms with Crippen molar-refractivity contribution in [3.8, 4) is 0 Å². The summed E-state index contributed by atoms with van der Waals surface area (Å²) in [5, 5.41) is 20.0. The van der Waals surface area contributed by atoms with E-state index in [4.69, 9.17) is 0 Å². The number of aromatic nitrogens is 4. The standard InChI is InChI=1S/2C5H4N2O2.Co.4H2O/c2*8-5(9)4-1-2-6-3-7-4;;;;;/h2*1-3H,(H,8,9);;4*1H2/q;;+2;;;;. The summed E-state index contributed by atoms with van der Waals surface area (Å²) in [7, 11) is 0. The minimum Gasteiger partial charge on any atom is -0.543 e. The normalized spacial score (nSPS) is 6.96. The third-order valence-electron chi connectivity index (χ3n) is 1.58. The predicted octanol–water partition coefficient (Wildman–Crippen LogP) is -5.82. The van der Waals surface area contributed by atoms with E-state index in [-0.39, 0.29) is 50.1 Å². The molecule has 0 aliphatic heterocycles. The predicted molar refractivity (Wildman–Crippen MR) is 69.7 cm³/mol. The quantitative estimate of drug-likeness (QED) is 0.452. The van der Waals surface area contributed by atoms with E-state index in [2.05, 4.69) is 19.9 Å². The molecule has 0 unspecified atom stereocenters. The van der Waals surface area contributed by atoms with Gasteiger partial charge in [0.2, 0.25) is 0 Å². The summed E-state index contributed by atoms with van der Waals surface area (Å²) in [6.45, 7) is 0. The Bertz CT molecular complexity index is 481. The van der Waals surface area contributed by atoms with Gasteiger partial charge >= 0.3 is 16.8 Å². The number of aromatic carboxylic acids is 2. The number of nitrogens with zero attached hydrogens (tertiary/aromatic N) is 4. The molecule has 0 aromatic carbocycles. The number of hydrogen-bond donors (Lipinski definition) is 0. The summed E-state index contributed by atoms with van der Waals surface area (Å²) < 4.78 is 0. The molecule has 0 aliphatic carbocycles. The van der Waals surface area contributed by atoms with Crippen LogP contribution in [0.4, 0.5) is 0 Å². The Hall–Kier alpha value is -2.55. The summed E-state index contributed by atoms with van der Waals surface area (Å²) in [5.41, 5.74) is -0.185. The third kappa shape index (κ3) is 12.9. The molecule has 2 aromatic rings. The minimum absolute atomic E-state index is 0. The van der Waals surface area contributed by atoms with E-state index in [0.717, 1.165) is 12.7 Å². The Morgan fingerprint density at radius 1 is 0.783 bits per heavy atom. The summed E-state index contributed by atoms with van der Waals surface area (Å²) in [6.07, 6.45) is 5.01. The van der Waals surface area contributed by atoms with E-state index in [1.54, 1.807) is 0 Å². The first-order valence-corrected chi connectivity index (χ1v) is 4.56. The van der Waals surface area contributed by atoms with Crippen molar-refractivity contribution in [2.75, 3.05) is 0 Å². The zero-order valence-electron chi connectivity index (χ0n) is 11.4. The van der Waals surface area contributed by atoms with Gasteiger partial charge in [-0.05, 0) is 12.1 Å². The van der Waals surface area contributed by atoms with Crippen molar-refractivity contribution < 1.29 is 58.5 Å². The van der Waals surface area contributed by atoms with Crippen LogP contribution in [0.3, 0.4) is 0 Å². The minimum atomic E-state index is -1.28. The van der Waals surface area contributed by atoms with Crippen LogP contribution in [0.1, 0.15) is 21.0 Å². The average molecular weight is 379 g/mol. The Labute approximate surface area is 139 Å². The van der Waals surface area contributed by atoms with Crippen molar-refractivity contribution in [1.82, 2.24) is 19.9 Å². The molecule has 2 aromatic heterocycles. The topological polar surface area (TPSA) is 261 Å². The van der Waals surface area contributed by atoms with E-state index < -0.39 is 11.9 Å². The zero-order valence-corrected chi connectivity index (χ0v) is 12.4. The number of carbonyl (C=O) groups excluding carboxylic acids is 2. The number of carboxylic acid groups (broad SMARTS) is 2. The second-order valence-corrected chi connectivity index (χ2v) is 2.76. The van der Waals surface area contributed by atoms with Crippen molar-refractivity contribution in [3.63, 3.8) is 0 Å². The van der Waals surface area contributed by atoms with E-state index in [1.807, 2.05) is 0 Å². The largest absolute Gasteiger partial charge is 2.00 e. The van der Waals surface area contributed by atoms with Gasteiger partial charge in [-0.25, -0.2) is 19.9 Å². The molecule has 10 N–H and O–H groups in total. The summed E-state index contributed by atoms with van der Waals surface area (Å²) in [6, 6.07) is 2.55. The third-order valence-corrected chi connectivity index (χ3v) is 1.58. The molecule has 2 rings (SSSR count). The molecule has 0 saturated heterocycles. The van der Waals surface area contributed by atoms with Gasteiger partial charge in [0.1, 0.15) is 12.7 Å². The number of hydrogen-bond acceptors (Lipinski definition) is 8. The number of rotatable bonds is 2. The molecular formula is C10H16CoN4O8+2. The van der Waals surface area contributed by atoms with Crippen molar-refractivity contribution in [1.29, 1.82) is 0 Å². The molecule has 0 saturated carbocycles. The fourth-order valence-corrected chi connectivity index (χ4v) is 0.823. The van der Waals surface area contributed by atoms with Crippen LogP contribution in [-0.4, -0.2) is 42.8 Å². The monoisotopic (exact) mass is 379 g/mol. The van der Waals surface area contributed by atoms with E-state index in [9.17, 15) is 19.8 Å². The van der Waals surface area contributed by atoms with Crippen LogP contribution < -0.4 is 10.2 Å². The molecule has 131 valence electrons. The molecule has 2 heterocycles. The average Bonchev–Trinajstić information content (AvgIpc) is 2.41. The van der Waals surface area contributed by atoms with Crippen LogP contribution >= 0.6 is 0 Å². The van der Waals surface area contributed by atoms with Crippen molar-refractivity contribution >= 4 is 11.9 Å². The maximum absolute atomic E-state index is 10.00. The molecule has 0 aliphatic rings. The maximum Gasteiger partial charge on any atom is 2.00 e. The van der Waals surface area contributed by atoms with Gasteiger partial charge in [-0.2, -0.15) is 0 Å². The Kier molecular flexibility index (Phi) is 24.7. The van der Waals surface area contributed by atoms with Crippen LogP contribution in [0.15, 0.2) is 37.2 Å². The van der Waals surface area contributed by atoms with Gasteiger partial charge in [0.15, 0.2) is 0 Å². The van der Waals surface area contributed by atoms with Crippen molar-refractivity contribution in [2.45, 2.75) is 0 Å². The van der Waals surface area contributed by atoms with Crippen LogP contribution in [0.5, 0.6) is 0 Å². The summed E-state index contributed by atoms with van der Waals surface area (Å²) in [4.78, 5) is 33.9. The van der Waals surface area contributed by atoms with E-state index >= 15 is 0 Å². The first-order chi connectivity index (χ1) is 8.61. The molecule has 1 radical (unpaired) electrons. The van der Waals surface area contributed by atoms with Gasteiger partial charge in [0.05, 0.1) is 23.3 Å². The number of carboxylic acids is 2. The van der Waals surface area contributed by atoms with Gasteiger partial charge < -0.3 is 41.7 Å². The number of carbonyl (C=O) groups is 2. The fraction of sp³-hybridized carbons (Fsp3) is 0. The van der Waals surface area contributed by atoms with E-state index in [1.165, 1.54) is 24.5 Å². The van der Waals surface area contributed by atoms with Gasteiger partial charge in [0.25, 0.3) is 0 Å². The first-order valence-electron chi connectivity index (χ1n) is 4.56. The molecule has 0 bridgehead atoms. The molecule has 0 spiro atoms. The molecule has 13 heteroatoms.